The van der Waals surface area contributed by atoms with Crippen molar-refractivity contribution in [3.63, 3.8) is 0 Å². The van der Waals surface area contributed by atoms with Crippen molar-refractivity contribution in [2.75, 3.05) is 39.1 Å². The van der Waals surface area contributed by atoms with Crippen LogP contribution in [0.1, 0.15) is 57.4 Å². The van der Waals surface area contributed by atoms with Crippen molar-refractivity contribution in [3.8, 4) is 29.4 Å². The number of aromatic nitrogens is 2. The van der Waals surface area contributed by atoms with Gasteiger partial charge in [0.1, 0.15) is 28.4 Å². The molecule has 2 fully saturated rings. The van der Waals surface area contributed by atoms with E-state index in [0.717, 1.165) is 12.5 Å². The van der Waals surface area contributed by atoms with Gasteiger partial charge in [-0.25, -0.2) is 4.79 Å². The fourth-order valence-electron chi connectivity index (χ4n) is 8.39. The number of nitrogens with one attached hydrogen (secondary N) is 3. The molecule has 1 aromatic carbocycles. The maximum atomic E-state index is 15.3. The fourth-order valence-corrected chi connectivity index (χ4v) is 10.3. The minimum absolute atomic E-state index is 0.0133. The summed E-state index contributed by atoms with van der Waals surface area (Å²) in [4.78, 5) is 49.9. The van der Waals surface area contributed by atoms with Gasteiger partial charge >= 0.3 is 6.09 Å². The second-order valence-electron chi connectivity index (χ2n) is 16.4. The lowest BCUT2D eigenvalue weighted by molar-refractivity contribution is -0.301. The minimum Gasteiger partial charge on any atom is -0.508 e. The van der Waals surface area contributed by atoms with Gasteiger partial charge in [-0.1, -0.05) is 44.8 Å². The molecule has 0 spiro atoms. The van der Waals surface area contributed by atoms with E-state index < -0.39 is 60.8 Å². The van der Waals surface area contributed by atoms with Crippen LogP contribution in [-0.4, -0.2) is 137 Å². The van der Waals surface area contributed by atoms with E-state index in [0.29, 0.717) is 22.8 Å². The number of allylic oxidation sites excluding steroid dienone is 3. The number of ketones is 2. The first-order chi connectivity index (χ1) is 31.4. The quantitative estimate of drug-likeness (QED) is 0.108. The average molecular weight is 981 g/mol. The average Bonchev–Trinajstić information content (AvgIpc) is 3.64. The van der Waals surface area contributed by atoms with Crippen molar-refractivity contribution in [2.45, 2.75) is 107 Å². The lowest BCUT2D eigenvalue weighted by atomic mass is 9.84. The van der Waals surface area contributed by atoms with Gasteiger partial charge in [0.2, 0.25) is 5.78 Å². The molecule has 5 N–H and O–H groups in total. The number of benzene rings is 1. The molecule has 3 aromatic rings. The van der Waals surface area contributed by atoms with Crippen LogP contribution in [0.4, 0.5) is 4.79 Å². The number of hydrogen-bond acceptors (Lipinski definition) is 16. The number of carbonyl (C=O) groups excluding carboxylic acids is 3. The number of aromatic amines is 1. The number of H-pyrrole nitrogens is 1. The number of phenolic OH excluding ortho intramolecular Hbond substituents is 1. The molecule has 9 atom stereocenters. The maximum Gasteiger partial charge on any atom is 0.411 e. The zero-order valence-electron chi connectivity index (χ0n) is 38.0. The normalized spacial score (nSPS) is 27.2. The molecule has 2 saturated heterocycles. The second kappa shape index (κ2) is 22.3. The summed E-state index contributed by atoms with van der Waals surface area (Å²) >= 11 is 12.4. The summed E-state index contributed by atoms with van der Waals surface area (Å²) in [6, 6.07) is 6.74. The highest BCUT2D eigenvalue weighted by Gasteiger charge is 2.55. The number of fused-ring (bicyclic) bond motifs is 3. The zero-order chi connectivity index (χ0) is 47.9. The van der Waals surface area contributed by atoms with Crippen molar-refractivity contribution in [3.05, 3.63) is 71.2 Å². The summed E-state index contributed by atoms with van der Waals surface area (Å²) in [5, 5.41) is 29.3. The number of thioether (sulfide) groups is 1. The molecule has 1 amide bonds. The number of aromatic hydroxyl groups is 1. The Kier molecular flexibility index (Phi) is 17.3. The largest absolute Gasteiger partial charge is 0.508 e. The Balaban J connectivity index is 1.48. The van der Waals surface area contributed by atoms with Gasteiger partial charge in [-0.05, 0) is 90.7 Å². The van der Waals surface area contributed by atoms with Gasteiger partial charge in [0.05, 0.1) is 49.3 Å². The molecule has 66 heavy (non-hydrogen) atoms. The number of phenols is 1. The van der Waals surface area contributed by atoms with Gasteiger partial charge in [-0.3, -0.25) is 19.9 Å². The van der Waals surface area contributed by atoms with E-state index in [1.54, 1.807) is 63.8 Å². The molecule has 19 heteroatoms. The Bertz CT molecular complexity index is 2660. The number of aliphatic hydroxyl groups excluding tert-OH is 1. The second-order valence-corrected chi connectivity index (χ2v) is 24.8. The van der Waals surface area contributed by atoms with Gasteiger partial charge in [0.15, 0.2) is 18.4 Å². The first-order valence-corrected chi connectivity index (χ1v) is 26.5. The highest BCUT2D eigenvalue weighted by atomic mass is 33.1. The minimum atomic E-state index is -2.00. The molecule has 0 saturated carbocycles. The van der Waals surface area contributed by atoms with E-state index in [-0.39, 0.29) is 77.5 Å². The monoisotopic (exact) mass is 980 g/mol. The van der Waals surface area contributed by atoms with Crippen LogP contribution >= 0.6 is 11.8 Å². The van der Waals surface area contributed by atoms with Crippen LogP contribution in [0.25, 0.3) is 21.8 Å². The van der Waals surface area contributed by atoms with Gasteiger partial charge in [0.25, 0.3) is 0 Å². The number of alkyl carbamates (subject to hydrolysis) is 1. The molecule has 7 unspecified atom stereocenters. The van der Waals surface area contributed by atoms with Crippen molar-refractivity contribution in [1.29, 1.82) is 0 Å². The van der Waals surface area contributed by atoms with Crippen molar-refractivity contribution in [1.82, 2.24) is 20.6 Å². The number of ether oxygens (including phenoxy) is 6. The molecule has 0 radical (unpaired) electrons. The summed E-state index contributed by atoms with van der Waals surface area (Å²) in [5.41, 5.74) is 1.44. The van der Waals surface area contributed by atoms with Crippen LogP contribution < -0.4 is 10.6 Å². The standard InChI is InChI=1S/C47H56N4O11S4/c1-9-10-11-12-13-14-36(40-30(18-20-66(8,63)64)34(53)22-35(54)42(40)51-46(56)58-6)62-45-38(61-39-23-37(57-5)33(25-59-39)49-26(2)3)24-47(65-7,27(4)60-45)44(55)43-41-29(17-19-48-43)31-21-28(52)15-16-32(31)50-41/h11-12,15-19,21,26-27,33-34,36-39,45,49-50,52-53H,20,22-25H2,1-8H3,(H,51,56)/b12-11-,30-18-/t27?,33?,34-,36-,37?,38?,39?,45?,47?/m0/s1. The fraction of sp³-hybridized carbons (Fsp3) is 0.489. The summed E-state index contributed by atoms with van der Waals surface area (Å²) in [5.74, 6) is 10.9. The lowest BCUT2D eigenvalue weighted by Crippen LogP contribution is -2.60. The van der Waals surface area contributed by atoms with Crippen molar-refractivity contribution < 1.29 is 53.0 Å². The number of rotatable bonds is 14. The van der Waals surface area contributed by atoms with Crippen molar-refractivity contribution >= 4 is 80.8 Å². The Morgan fingerprint density at radius 2 is 1.92 bits per heavy atom. The zero-order valence-corrected chi connectivity index (χ0v) is 41.3. The Hall–Kier alpha value is -4.22. The molecular formula is C47H56N4O11S4. The van der Waals surface area contributed by atoms with Gasteiger partial charge in [0, 0.05) is 66.2 Å². The van der Waals surface area contributed by atoms with Crippen LogP contribution in [0.3, 0.4) is 0 Å². The molecule has 2 aliphatic heterocycles. The Morgan fingerprint density at radius 3 is 2.61 bits per heavy atom. The molecule has 0 bridgehead atoms. The number of amides is 1. The number of carbonyl (C=O) groups is 3. The van der Waals surface area contributed by atoms with Gasteiger partial charge in [-0.2, -0.15) is 0 Å². The van der Waals surface area contributed by atoms with E-state index in [9.17, 15) is 19.8 Å². The van der Waals surface area contributed by atoms with E-state index in [4.69, 9.17) is 50.8 Å². The highest BCUT2D eigenvalue weighted by molar-refractivity contribution is 8.56. The van der Waals surface area contributed by atoms with Gasteiger partial charge in [-0.15, -0.1) is 17.7 Å². The van der Waals surface area contributed by atoms with Crippen molar-refractivity contribution in [2.24, 2.45) is 0 Å². The highest BCUT2D eigenvalue weighted by Crippen LogP contribution is 2.45. The summed E-state index contributed by atoms with van der Waals surface area (Å²) < 4.78 is 36.4. The first kappa shape index (κ1) is 51.2. The smallest absolute Gasteiger partial charge is 0.411 e. The van der Waals surface area contributed by atoms with E-state index in [1.807, 2.05) is 20.1 Å². The number of methoxy groups -OCH3 is 2. The molecule has 1 aliphatic carbocycles. The molecule has 15 nitrogen and oxygen atoms in total. The number of aliphatic hydroxyl groups is 1. The molecule has 354 valence electrons. The van der Waals surface area contributed by atoms with Crippen LogP contribution in [0, 0.1) is 23.7 Å². The first-order valence-electron chi connectivity index (χ1n) is 21.3. The van der Waals surface area contributed by atoms with Crippen LogP contribution in [0.15, 0.2) is 65.5 Å². The lowest BCUT2D eigenvalue weighted by Gasteiger charge is -2.48. The third kappa shape index (κ3) is 11.7. The van der Waals surface area contributed by atoms with E-state index in [2.05, 4.69) is 44.3 Å². The van der Waals surface area contributed by atoms with Crippen LogP contribution in [0.5, 0.6) is 5.75 Å². The molecular weight excluding hydrogens is 925 g/mol. The summed E-state index contributed by atoms with van der Waals surface area (Å²) in [7, 11) is 0.784. The molecule has 3 aliphatic rings. The molecule has 4 heterocycles. The van der Waals surface area contributed by atoms with E-state index in [1.165, 1.54) is 23.9 Å². The number of pyridine rings is 1. The third-order valence-corrected chi connectivity index (χ3v) is 14.5. The Labute approximate surface area is 399 Å². The number of hydrogen-bond donors (Lipinski definition) is 5. The molecule has 6 rings (SSSR count). The predicted molar refractivity (Wildman–Crippen MR) is 261 cm³/mol. The van der Waals surface area contributed by atoms with Crippen LogP contribution in [0.2, 0.25) is 0 Å². The SMILES string of the molecule is CC#C/C=C\C#C[C@H](OC1OC(C)C(SC)(C(=O)c2nccc3c2[nH]c2ccc(O)cc23)CC1OC1CC(OC)C(NC(C)C)CO1)C1=C(NC(=O)OC)C(=O)C[C@H](O)/C1=C/CS(C)(=S)=S. The maximum absolute atomic E-state index is 15.3. The summed E-state index contributed by atoms with van der Waals surface area (Å²) in [6.07, 6.45) is 1.71. The topological polar surface area (TPSA) is 200 Å². The number of nitrogens with zero attached hydrogens (tertiary/aromatic N) is 1. The number of Topliss-reactive ketones (excluding diaryl/α,β-unsaturated/α-hetero) is 2. The van der Waals surface area contributed by atoms with Crippen LogP contribution in [-0.2, 0) is 62.7 Å². The predicted octanol–water partition coefficient (Wildman–Crippen LogP) is 4.90. The third-order valence-electron chi connectivity index (χ3n) is 11.5. The van der Waals surface area contributed by atoms with Gasteiger partial charge < -0.3 is 48.9 Å². The summed E-state index contributed by atoms with van der Waals surface area (Å²) in [6.45, 7) is 7.76. The Morgan fingerprint density at radius 1 is 1.17 bits per heavy atom. The van der Waals surface area contributed by atoms with E-state index >= 15 is 4.79 Å². The molecule has 2 aromatic heterocycles.